The van der Waals surface area contributed by atoms with Crippen molar-refractivity contribution in [1.82, 2.24) is 10.2 Å². The lowest BCUT2D eigenvalue weighted by atomic mass is 10.1. The van der Waals surface area contributed by atoms with Crippen molar-refractivity contribution in [2.24, 2.45) is 0 Å². The number of hydrogen-bond donors (Lipinski definition) is 2. The number of carbonyl (C=O) groups excluding carboxylic acids is 2. The normalized spacial score (nSPS) is 14.1. The van der Waals surface area contributed by atoms with Crippen LogP contribution in [0.15, 0.2) is 64.5 Å². The van der Waals surface area contributed by atoms with Crippen LogP contribution in [0.5, 0.6) is 5.75 Å². The molecule has 0 bridgehead atoms. The molecule has 0 fully saturated rings. The number of benzene rings is 2. The van der Waals surface area contributed by atoms with Gasteiger partial charge < -0.3 is 15.2 Å². The van der Waals surface area contributed by atoms with Crippen LogP contribution < -0.4 is 10.1 Å². The number of hydrogen-bond acceptors (Lipinski definition) is 6. The smallest absolute Gasteiger partial charge is 0.261 e. The van der Waals surface area contributed by atoms with Crippen LogP contribution in [0.3, 0.4) is 0 Å². The van der Waals surface area contributed by atoms with Gasteiger partial charge in [-0.25, -0.2) is 0 Å². The number of fused-ring (bicyclic) bond motifs is 1. The predicted molar refractivity (Wildman–Crippen MR) is 122 cm³/mol. The van der Waals surface area contributed by atoms with Crippen LogP contribution in [-0.4, -0.2) is 41.5 Å². The molecule has 1 aliphatic heterocycles. The number of amides is 2. The van der Waals surface area contributed by atoms with Crippen molar-refractivity contribution in [3.63, 3.8) is 0 Å². The molecule has 1 atom stereocenters. The molecular weight excluding hydrogens is 480 g/mol. The molecule has 6 nitrogen and oxygen atoms in total. The summed E-state index contributed by atoms with van der Waals surface area (Å²) < 4.78 is 6.85. The molecule has 0 unspecified atom stereocenters. The molecule has 0 saturated carbocycles. The Bertz CT molecular complexity index is 1070. The van der Waals surface area contributed by atoms with Crippen LogP contribution in [0.2, 0.25) is 0 Å². The third kappa shape index (κ3) is 4.88. The number of thiophene rings is 1. The molecular formula is C23H21BrN2O4S. The van der Waals surface area contributed by atoms with Gasteiger partial charge in [0.1, 0.15) is 18.5 Å². The van der Waals surface area contributed by atoms with Crippen LogP contribution in [-0.2, 0) is 6.54 Å². The van der Waals surface area contributed by atoms with Crippen LogP contribution in [0, 0.1) is 0 Å². The van der Waals surface area contributed by atoms with Crippen LogP contribution in [0.4, 0.5) is 0 Å². The fraction of sp³-hybridized carbons (Fsp3) is 0.217. The maximum Gasteiger partial charge on any atom is 0.261 e. The van der Waals surface area contributed by atoms with Crippen LogP contribution in [0.25, 0.3) is 0 Å². The van der Waals surface area contributed by atoms with Crippen molar-refractivity contribution in [2.75, 3.05) is 19.7 Å². The maximum atomic E-state index is 12.5. The molecule has 1 aliphatic rings. The van der Waals surface area contributed by atoms with E-state index in [-0.39, 0.29) is 25.0 Å². The SMILES string of the molecule is O=C1c2ccccc2C(=O)N1CCOc1ccccc1CNC[C@H](O)c1cc(Br)cs1. The van der Waals surface area contributed by atoms with Gasteiger partial charge in [0.2, 0.25) is 0 Å². The van der Waals surface area contributed by atoms with Crippen LogP contribution >= 0.6 is 27.3 Å². The van der Waals surface area contributed by atoms with Gasteiger partial charge in [0.15, 0.2) is 0 Å². The first-order valence-corrected chi connectivity index (χ1v) is 11.5. The molecule has 160 valence electrons. The van der Waals surface area contributed by atoms with Gasteiger partial charge in [-0.3, -0.25) is 14.5 Å². The Hall–Kier alpha value is -2.52. The van der Waals surface area contributed by atoms with Crippen molar-refractivity contribution >= 4 is 39.1 Å². The number of carbonyl (C=O) groups is 2. The Kier molecular flexibility index (Phi) is 6.82. The van der Waals surface area contributed by atoms with Crippen molar-refractivity contribution < 1.29 is 19.4 Å². The van der Waals surface area contributed by atoms with Gasteiger partial charge in [-0.05, 0) is 40.2 Å². The monoisotopic (exact) mass is 500 g/mol. The number of imide groups is 1. The Morgan fingerprint density at radius 3 is 2.42 bits per heavy atom. The number of para-hydroxylation sites is 1. The summed E-state index contributed by atoms with van der Waals surface area (Å²) in [6.45, 7) is 1.32. The summed E-state index contributed by atoms with van der Waals surface area (Å²) in [5.41, 5.74) is 1.81. The molecule has 31 heavy (non-hydrogen) atoms. The highest BCUT2D eigenvalue weighted by Crippen LogP contribution is 2.26. The highest BCUT2D eigenvalue weighted by atomic mass is 79.9. The van der Waals surface area contributed by atoms with E-state index in [9.17, 15) is 14.7 Å². The molecule has 0 spiro atoms. The molecule has 2 aromatic carbocycles. The Balaban J connectivity index is 1.30. The van der Waals surface area contributed by atoms with Crippen molar-refractivity contribution in [3.05, 3.63) is 86.0 Å². The second kappa shape index (κ2) is 9.74. The summed E-state index contributed by atoms with van der Waals surface area (Å²) >= 11 is 4.90. The van der Waals surface area contributed by atoms with Gasteiger partial charge in [0.25, 0.3) is 11.8 Å². The van der Waals surface area contributed by atoms with E-state index < -0.39 is 6.10 Å². The average Bonchev–Trinajstić information content (AvgIpc) is 3.32. The van der Waals surface area contributed by atoms with Gasteiger partial charge in [0.05, 0.1) is 17.7 Å². The maximum absolute atomic E-state index is 12.5. The minimum Gasteiger partial charge on any atom is -0.491 e. The van der Waals surface area contributed by atoms with Gasteiger partial charge in [-0.2, -0.15) is 0 Å². The van der Waals surface area contributed by atoms with Crippen molar-refractivity contribution in [1.29, 1.82) is 0 Å². The largest absolute Gasteiger partial charge is 0.491 e. The van der Waals surface area contributed by atoms with Gasteiger partial charge in [0, 0.05) is 33.4 Å². The standard InChI is InChI=1S/C23H21BrN2O4S/c24-16-11-21(31-14-16)19(27)13-25-12-15-5-1-4-8-20(15)30-10-9-26-22(28)17-6-2-3-7-18(17)23(26)29/h1-8,11,14,19,25,27H,9-10,12-13H2/t19-/m0/s1. The fourth-order valence-corrected chi connectivity index (χ4v) is 4.86. The van der Waals surface area contributed by atoms with Crippen molar-refractivity contribution in [2.45, 2.75) is 12.6 Å². The zero-order valence-corrected chi connectivity index (χ0v) is 19.0. The second-order valence-electron chi connectivity index (χ2n) is 7.08. The number of halogens is 1. The first kappa shape index (κ1) is 21.7. The molecule has 0 radical (unpaired) electrons. The second-order valence-corrected chi connectivity index (χ2v) is 8.94. The lowest BCUT2D eigenvalue weighted by molar-refractivity contribution is 0.0631. The summed E-state index contributed by atoms with van der Waals surface area (Å²) in [4.78, 5) is 27.0. The Morgan fingerprint density at radius 1 is 1.06 bits per heavy atom. The minimum atomic E-state index is -0.585. The van der Waals surface area contributed by atoms with E-state index in [4.69, 9.17) is 4.74 Å². The molecule has 0 saturated heterocycles. The van der Waals surface area contributed by atoms with E-state index in [2.05, 4.69) is 21.2 Å². The van der Waals surface area contributed by atoms with E-state index in [0.29, 0.717) is 30.0 Å². The molecule has 8 heteroatoms. The summed E-state index contributed by atoms with van der Waals surface area (Å²) in [6.07, 6.45) is -0.585. The summed E-state index contributed by atoms with van der Waals surface area (Å²) in [5.74, 6) is 0.113. The molecule has 2 heterocycles. The number of nitrogens with one attached hydrogen (secondary N) is 1. The first-order valence-electron chi connectivity index (χ1n) is 9.83. The molecule has 1 aromatic heterocycles. The van der Waals surface area contributed by atoms with Gasteiger partial charge in [-0.1, -0.05) is 30.3 Å². The number of aliphatic hydroxyl groups is 1. The van der Waals surface area contributed by atoms with Gasteiger partial charge in [-0.15, -0.1) is 11.3 Å². The Morgan fingerprint density at radius 2 is 1.74 bits per heavy atom. The topological polar surface area (TPSA) is 78.9 Å². The third-order valence-corrected chi connectivity index (χ3v) is 6.79. The molecule has 2 amide bonds. The lowest BCUT2D eigenvalue weighted by Gasteiger charge is -2.17. The first-order chi connectivity index (χ1) is 15.0. The number of ether oxygens (including phenoxy) is 1. The zero-order valence-electron chi connectivity index (χ0n) is 16.6. The van der Waals surface area contributed by atoms with Gasteiger partial charge >= 0.3 is 0 Å². The summed E-state index contributed by atoms with van der Waals surface area (Å²) in [7, 11) is 0. The highest BCUT2D eigenvalue weighted by molar-refractivity contribution is 9.10. The summed E-state index contributed by atoms with van der Waals surface area (Å²) in [6, 6.07) is 16.3. The van der Waals surface area contributed by atoms with Crippen molar-refractivity contribution in [3.8, 4) is 5.75 Å². The summed E-state index contributed by atoms with van der Waals surface area (Å²) in [5, 5.41) is 15.5. The van der Waals surface area contributed by atoms with Crippen LogP contribution in [0.1, 0.15) is 37.3 Å². The van der Waals surface area contributed by atoms with E-state index in [1.807, 2.05) is 35.7 Å². The highest BCUT2D eigenvalue weighted by Gasteiger charge is 2.34. The minimum absolute atomic E-state index is 0.181. The van der Waals surface area contributed by atoms with E-state index in [1.165, 1.54) is 16.2 Å². The number of nitrogens with zero attached hydrogens (tertiary/aromatic N) is 1. The molecule has 3 aromatic rings. The third-order valence-electron chi connectivity index (χ3n) is 4.99. The Labute approximate surface area is 192 Å². The predicted octanol–water partition coefficient (Wildman–Crippen LogP) is 4.01. The van der Waals surface area contributed by atoms with E-state index in [1.54, 1.807) is 24.3 Å². The molecule has 2 N–H and O–H groups in total. The molecule has 4 rings (SSSR count). The van der Waals surface area contributed by atoms with E-state index >= 15 is 0 Å². The number of rotatable bonds is 9. The zero-order chi connectivity index (χ0) is 21.8. The molecule has 0 aliphatic carbocycles. The number of aliphatic hydroxyl groups excluding tert-OH is 1. The van der Waals surface area contributed by atoms with E-state index in [0.717, 1.165) is 14.9 Å². The lowest BCUT2D eigenvalue weighted by Crippen LogP contribution is -2.33. The quantitative estimate of drug-likeness (QED) is 0.434. The fourth-order valence-electron chi connectivity index (χ4n) is 3.43. The average molecular weight is 501 g/mol.